The molecule has 2 amide bonds. The lowest BCUT2D eigenvalue weighted by Gasteiger charge is -2.26. The van der Waals surface area contributed by atoms with Gasteiger partial charge in [0.1, 0.15) is 5.00 Å². The molecule has 3 heterocycles. The first-order valence-corrected chi connectivity index (χ1v) is 12.4. The van der Waals surface area contributed by atoms with E-state index in [9.17, 15) is 4.79 Å². The van der Waals surface area contributed by atoms with Gasteiger partial charge >= 0.3 is 6.03 Å². The fourth-order valence-electron chi connectivity index (χ4n) is 4.08. The molecule has 1 aliphatic rings. The molecule has 0 saturated carbocycles. The first kappa shape index (κ1) is 23.8. The fourth-order valence-corrected chi connectivity index (χ4v) is 5.54. The number of hydrogen-bond donors (Lipinski definition) is 2. The van der Waals surface area contributed by atoms with Crippen LogP contribution in [0.1, 0.15) is 62.1 Å². The fraction of sp³-hybridized carbons (Fsp3) is 0.625. The summed E-state index contributed by atoms with van der Waals surface area (Å²) in [7, 11) is 2.18. The second kappa shape index (κ2) is 11.7. The highest BCUT2D eigenvalue weighted by atomic mass is 32.1. The second-order valence-corrected chi connectivity index (χ2v) is 9.86. The topological polar surface area (TPSA) is 58.5 Å². The molecule has 0 fully saturated rings. The third-order valence-electron chi connectivity index (χ3n) is 5.75. The Morgan fingerprint density at radius 3 is 2.74 bits per heavy atom. The third-order valence-corrected chi connectivity index (χ3v) is 7.00. The number of aromatic nitrogens is 1. The van der Waals surface area contributed by atoms with Gasteiger partial charge in [0.25, 0.3) is 0 Å². The van der Waals surface area contributed by atoms with Crippen LogP contribution in [0, 0.1) is 5.92 Å². The average Bonchev–Trinajstić information content (AvgIpc) is 3.38. The maximum absolute atomic E-state index is 12.8. The Morgan fingerprint density at radius 1 is 1.26 bits per heavy atom. The summed E-state index contributed by atoms with van der Waals surface area (Å²) in [5.41, 5.74) is 2.76. The van der Waals surface area contributed by atoms with Crippen LogP contribution in [0.2, 0.25) is 0 Å². The molecule has 2 N–H and O–H groups in total. The minimum atomic E-state index is -0.0865. The van der Waals surface area contributed by atoms with E-state index in [2.05, 4.69) is 65.5 Å². The Morgan fingerprint density at radius 2 is 2.03 bits per heavy atom. The number of ether oxygens (including phenoxy) is 1. The molecule has 1 atom stereocenters. The number of nitrogens with zero attached hydrogens (tertiary/aromatic N) is 2. The highest BCUT2D eigenvalue weighted by Gasteiger charge is 2.29. The Bertz CT molecular complexity index is 816. The number of hydrogen-bond acceptors (Lipinski definition) is 4. The van der Waals surface area contributed by atoms with Crippen LogP contribution in [0.4, 0.5) is 4.79 Å². The van der Waals surface area contributed by atoms with Gasteiger partial charge in [0.15, 0.2) is 0 Å². The van der Waals surface area contributed by atoms with E-state index in [0.29, 0.717) is 25.7 Å². The molecule has 1 aliphatic heterocycles. The molecular weight excluding hydrogens is 408 g/mol. The van der Waals surface area contributed by atoms with Crippen molar-refractivity contribution in [3.8, 4) is 5.00 Å². The summed E-state index contributed by atoms with van der Waals surface area (Å²) in [6.07, 6.45) is 8.10. The maximum Gasteiger partial charge on any atom is 0.315 e. The second-order valence-electron chi connectivity index (χ2n) is 8.78. The number of likely N-dealkylation sites (N-methyl/N-ethyl adjacent to an activating group) is 1. The number of nitrogens with one attached hydrogen (secondary N) is 2. The molecular formula is C24H38N4O2S. The van der Waals surface area contributed by atoms with Gasteiger partial charge in [0.2, 0.25) is 0 Å². The highest BCUT2D eigenvalue weighted by Crippen LogP contribution is 2.40. The molecule has 0 spiro atoms. The van der Waals surface area contributed by atoms with Crippen LogP contribution in [0.3, 0.4) is 0 Å². The zero-order chi connectivity index (χ0) is 22.2. The molecule has 0 bridgehead atoms. The molecule has 7 heteroatoms. The minimum Gasteiger partial charge on any atom is -0.382 e. The van der Waals surface area contributed by atoms with E-state index in [0.717, 1.165) is 38.8 Å². The number of amides is 2. The van der Waals surface area contributed by atoms with E-state index in [1.807, 2.05) is 18.3 Å². The number of carbonyl (C=O) groups is 1. The van der Waals surface area contributed by atoms with Crippen LogP contribution in [0.15, 0.2) is 24.5 Å². The zero-order valence-electron chi connectivity index (χ0n) is 19.4. The predicted molar refractivity (Wildman–Crippen MR) is 128 cm³/mol. The maximum atomic E-state index is 12.8. The standard InChI is InChI=1S/C24H38N4O2S/c1-5-30-16-8-12-25-24(29)26-20(10-9-18(2)3)22-19-11-15-27(4)17-21(19)31-23(22)28-13-6-7-14-28/h6-7,13-14,18,20H,5,8-12,15-17H2,1-4H3,(H2,25,26,29)/t20-/m1/s1. The van der Waals surface area contributed by atoms with E-state index < -0.39 is 0 Å². The quantitative estimate of drug-likeness (QED) is 0.491. The smallest absolute Gasteiger partial charge is 0.315 e. The lowest BCUT2D eigenvalue weighted by molar-refractivity contribution is 0.145. The van der Waals surface area contributed by atoms with Crippen molar-refractivity contribution >= 4 is 17.4 Å². The molecule has 6 nitrogen and oxygen atoms in total. The number of fused-ring (bicyclic) bond motifs is 1. The van der Waals surface area contributed by atoms with Crippen molar-refractivity contribution in [2.45, 2.75) is 59.0 Å². The Kier molecular flexibility index (Phi) is 8.99. The van der Waals surface area contributed by atoms with Crippen molar-refractivity contribution in [1.29, 1.82) is 0 Å². The number of thiophene rings is 1. The SMILES string of the molecule is CCOCCCNC(=O)N[C@H](CCC(C)C)c1c(-n2cccc2)sc2c1CCN(C)C2. The van der Waals surface area contributed by atoms with Crippen molar-refractivity contribution < 1.29 is 9.53 Å². The number of carbonyl (C=O) groups excluding carboxylic acids is 1. The van der Waals surface area contributed by atoms with Gasteiger partial charge in [-0.25, -0.2) is 4.79 Å². The lowest BCUT2D eigenvalue weighted by Crippen LogP contribution is -2.39. The molecule has 0 saturated heterocycles. The summed E-state index contributed by atoms with van der Waals surface area (Å²) < 4.78 is 7.58. The van der Waals surface area contributed by atoms with Gasteiger partial charge in [0, 0.05) is 55.7 Å². The lowest BCUT2D eigenvalue weighted by atomic mass is 9.93. The summed E-state index contributed by atoms with van der Waals surface area (Å²) in [6.45, 7) is 10.5. The van der Waals surface area contributed by atoms with E-state index >= 15 is 0 Å². The third kappa shape index (κ3) is 6.57. The normalized spacial score (nSPS) is 15.1. The first-order chi connectivity index (χ1) is 15.0. The van der Waals surface area contributed by atoms with E-state index in [1.54, 1.807) is 0 Å². The Balaban J connectivity index is 1.83. The minimum absolute atomic E-state index is 0.00935. The van der Waals surface area contributed by atoms with Crippen molar-refractivity contribution in [3.05, 3.63) is 40.5 Å². The van der Waals surface area contributed by atoms with Crippen LogP contribution in [-0.2, 0) is 17.7 Å². The van der Waals surface area contributed by atoms with Crippen LogP contribution >= 0.6 is 11.3 Å². The molecule has 172 valence electrons. The van der Waals surface area contributed by atoms with Gasteiger partial charge in [-0.1, -0.05) is 13.8 Å². The number of rotatable bonds is 11. The summed E-state index contributed by atoms with van der Waals surface area (Å²) in [4.78, 5) is 16.6. The van der Waals surface area contributed by atoms with E-state index in [-0.39, 0.29) is 12.1 Å². The van der Waals surface area contributed by atoms with E-state index in [4.69, 9.17) is 4.74 Å². The van der Waals surface area contributed by atoms with Crippen LogP contribution in [0.5, 0.6) is 0 Å². The summed E-state index contributed by atoms with van der Waals surface area (Å²) in [6, 6.07) is 4.05. The van der Waals surface area contributed by atoms with Gasteiger partial charge in [-0.3, -0.25) is 0 Å². The summed E-state index contributed by atoms with van der Waals surface area (Å²) in [5, 5.41) is 7.59. The van der Waals surface area contributed by atoms with Gasteiger partial charge < -0.3 is 24.8 Å². The largest absolute Gasteiger partial charge is 0.382 e. The van der Waals surface area contributed by atoms with Gasteiger partial charge in [-0.2, -0.15) is 0 Å². The van der Waals surface area contributed by atoms with E-state index in [1.165, 1.54) is 21.0 Å². The first-order valence-electron chi connectivity index (χ1n) is 11.6. The predicted octanol–water partition coefficient (Wildman–Crippen LogP) is 4.73. The molecule has 2 aromatic rings. The summed E-state index contributed by atoms with van der Waals surface area (Å²) >= 11 is 1.87. The molecule has 0 aliphatic carbocycles. The van der Waals surface area contributed by atoms with Crippen molar-refractivity contribution in [1.82, 2.24) is 20.1 Å². The molecule has 3 rings (SSSR count). The molecule has 31 heavy (non-hydrogen) atoms. The van der Waals surface area contributed by atoms with Gasteiger partial charge in [0.05, 0.1) is 6.04 Å². The monoisotopic (exact) mass is 446 g/mol. The zero-order valence-corrected chi connectivity index (χ0v) is 20.3. The average molecular weight is 447 g/mol. The van der Waals surface area contributed by atoms with Crippen LogP contribution in [-0.4, -0.2) is 48.8 Å². The summed E-state index contributed by atoms with van der Waals surface area (Å²) in [5.74, 6) is 0.592. The molecule has 0 aromatic carbocycles. The van der Waals surface area contributed by atoms with Gasteiger partial charge in [-0.05, 0) is 63.3 Å². The van der Waals surface area contributed by atoms with Crippen molar-refractivity contribution in [2.75, 3.05) is 33.4 Å². The van der Waals surface area contributed by atoms with Crippen LogP contribution in [0.25, 0.3) is 5.00 Å². The molecule has 2 aromatic heterocycles. The van der Waals surface area contributed by atoms with Crippen molar-refractivity contribution in [3.63, 3.8) is 0 Å². The Labute approximate surface area is 191 Å². The molecule has 0 unspecified atom stereocenters. The highest BCUT2D eigenvalue weighted by molar-refractivity contribution is 7.15. The number of urea groups is 1. The van der Waals surface area contributed by atoms with Crippen molar-refractivity contribution in [2.24, 2.45) is 5.92 Å². The van der Waals surface area contributed by atoms with Crippen LogP contribution < -0.4 is 10.6 Å². The molecule has 0 radical (unpaired) electrons. The van der Waals surface area contributed by atoms with Gasteiger partial charge in [-0.15, -0.1) is 11.3 Å². The Hall–Kier alpha value is -1.83.